The molecule has 0 saturated heterocycles. The molecule has 5 heteroatoms. The van der Waals surface area contributed by atoms with Crippen molar-refractivity contribution in [2.75, 3.05) is 14.2 Å². The topological polar surface area (TPSA) is 71.3 Å². The number of benzene rings is 2. The van der Waals surface area contributed by atoms with Crippen molar-refractivity contribution in [3.8, 4) is 17.6 Å². The van der Waals surface area contributed by atoms with Gasteiger partial charge in [0.05, 0.1) is 14.2 Å². The number of ether oxygens (including phenoxy) is 2. The first-order valence-electron chi connectivity index (χ1n) is 7.34. The van der Waals surface area contributed by atoms with E-state index in [4.69, 9.17) is 9.47 Å². The van der Waals surface area contributed by atoms with Crippen LogP contribution in [0.4, 0.5) is 0 Å². The quantitative estimate of drug-likeness (QED) is 0.655. The Morgan fingerprint density at radius 3 is 2.54 bits per heavy atom. The summed E-state index contributed by atoms with van der Waals surface area (Å²) in [6.45, 7) is 0.355. The smallest absolute Gasteiger partial charge is 0.262 e. The highest BCUT2D eigenvalue weighted by Crippen LogP contribution is 2.26. The molecule has 0 heterocycles. The number of hydrogen-bond acceptors (Lipinski definition) is 4. The van der Waals surface area contributed by atoms with Gasteiger partial charge in [-0.2, -0.15) is 5.26 Å². The summed E-state index contributed by atoms with van der Waals surface area (Å²) in [6, 6.07) is 16.6. The molecule has 0 spiro atoms. The number of nitriles is 1. The molecule has 0 bridgehead atoms. The standard InChI is InChI=1S/C19H18N2O3/c1-23-17-8-9-18(24-2)15(11-17)10-16(12-20)19(22)21-13-14-6-4-3-5-7-14/h3-11H,13H2,1-2H3,(H,21,22)/b16-10-. The van der Waals surface area contributed by atoms with Crippen LogP contribution in [0, 0.1) is 11.3 Å². The Hall–Kier alpha value is -3.26. The fourth-order valence-corrected chi connectivity index (χ4v) is 2.13. The maximum atomic E-state index is 12.2. The van der Waals surface area contributed by atoms with Crippen LogP contribution < -0.4 is 14.8 Å². The normalized spacial score (nSPS) is 10.6. The zero-order chi connectivity index (χ0) is 17.4. The Kier molecular flexibility index (Phi) is 5.98. The Labute approximate surface area is 141 Å². The lowest BCUT2D eigenvalue weighted by Crippen LogP contribution is -2.23. The van der Waals surface area contributed by atoms with E-state index in [9.17, 15) is 10.1 Å². The van der Waals surface area contributed by atoms with Gasteiger partial charge in [-0.1, -0.05) is 30.3 Å². The van der Waals surface area contributed by atoms with Crippen LogP contribution in [0.3, 0.4) is 0 Å². The summed E-state index contributed by atoms with van der Waals surface area (Å²) in [5.41, 5.74) is 1.56. The summed E-state index contributed by atoms with van der Waals surface area (Å²) in [5, 5.41) is 12.0. The van der Waals surface area contributed by atoms with Crippen LogP contribution in [0.25, 0.3) is 6.08 Å². The highest BCUT2D eigenvalue weighted by molar-refractivity contribution is 6.02. The number of carbonyl (C=O) groups is 1. The van der Waals surface area contributed by atoms with Gasteiger partial charge in [-0.15, -0.1) is 0 Å². The highest BCUT2D eigenvalue weighted by Gasteiger charge is 2.11. The predicted molar refractivity (Wildman–Crippen MR) is 91.4 cm³/mol. The second-order valence-electron chi connectivity index (χ2n) is 4.95. The SMILES string of the molecule is COc1ccc(OC)c(/C=C(/C#N)C(=O)NCc2ccccc2)c1. The molecule has 1 N–H and O–H groups in total. The van der Waals surface area contributed by atoms with Crippen molar-refractivity contribution in [2.45, 2.75) is 6.54 Å². The van der Waals surface area contributed by atoms with Crippen LogP contribution >= 0.6 is 0 Å². The van der Waals surface area contributed by atoms with E-state index >= 15 is 0 Å². The molecular weight excluding hydrogens is 304 g/mol. The Morgan fingerprint density at radius 2 is 1.92 bits per heavy atom. The average molecular weight is 322 g/mol. The van der Waals surface area contributed by atoms with Crippen molar-refractivity contribution in [2.24, 2.45) is 0 Å². The van der Waals surface area contributed by atoms with E-state index in [0.717, 1.165) is 5.56 Å². The van der Waals surface area contributed by atoms with Crippen LogP contribution in [0.1, 0.15) is 11.1 Å². The molecule has 122 valence electrons. The lowest BCUT2D eigenvalue weighted by Gasteiger charge is -2.08. The lowest BCUT2D eigenvalue weighted by atomic mass is 10.1. The van der Waals surface area contributed by atoms with Gasteiger partial charge in [0.25, 0.3) is 5.91 Å². The van der Waals surface area contributed by atoms with E-state index in [2.05, 4.69) is 5.32 Å². The van der Waals surface area contributed by atoms with Crippen LogP contribution in [-0.4, -0.2) is 20.1 Å². The minimum absolute atomic E-state index is 0.00233. The van der Waals surface area contributed by atoms with Gasteiger partial charge >= 0.3 is 0 Å². The number of carbonyl (C=O) groups excluding carboxylic acids is 1. The van der Waals surface area contributed by atoms with Crippen LogP contribution in [0.5, 0.6) is 11.5 Å². The predicted octanol–water partition coefficient (Wildman–Crippen LogP) is 2.93. The molecule has 0 radical (unpaired) electrons. The third-order valence-electron chi connectivity index (χ3n) is 3.40. The first-order chi connectivity index (χ1) is 11.7. The lowest BCUT2D eigenvalue weighted by molar-refractivity contribution is -0.117. The maximum Gasteiger partial charge on any atom is 0.262 e. The number of methoxy groups -OCH3 is 2. The maximum absolute atomic E-state index is 12.2. The van der Waals surface area contributed by atoms with Gasteiger partial charge < -0.3 is 14.8 Å². The number of nitrogens with one attached hydrogen (secondary N) is 1. The van der Waals surface area contributed by atoms with E-state index in [1.54, 1.807) is 25.3 Å². The molecule has 2 aromatic rings. The van der Waals surface area contributed by atoms with E-state index in [-0.39, 0.29) is 5.57 Å². The van der Waals surface area contributed by atoms with Gasteiger partial charge in [-0.25, -0.2) is 0 Å². The number of nitrogens with zero attached hydrogens (tertiary/aromatic N) is 1. The van der Waals surface area contributed by atoms with Gasteiger partial charge in [0.15, 0.2) is 0 Å². The summed E-state index contributed by atoms with van der Waals surface area (Å²) < 4.78 is 10.4. The molecule has 0 aromatic heterocycles. The Bertz CT molecular complexity index is 777. The average Bonchev–Trinajstić information content (AvgIpc) is 2.64. The van der Waals surface area contributed by atoms with E-state index in [1.165, 1.54) is 13.2 Å². The first-order valence-corrected chi connectivity index (χ1v) is 7.34. The first kappa shape index (κ1) is 17.1. The number of amides is 1. The van der Waals surface area contributed by atoms with Crippen LogP contribution in [0.2, 0.25) is 0 Å². The van der Waals surface area contributed by atoms with Crippen LogP contribution in [-0.2, 0) is 11.3 Å². The molecule has 0 aliphatic rings. The van der Waals surface area contributed by atoms with Crippen molar-refractivity contribution >= 4 is 12.0 Å². The van der Waals surface area contributed by atoms with Crippen LogP contribution in [0.15, 0.2) is 54.1 Å². The van der Waals surface area contributed by atoms with Gasteiger partial charge in [-0.3, -0.25) is 4.79 Å². The molecule has 0 unspecified atom stereocenters. The summed E-state index contributed by atoms with van der Waals surface area (Å²) in [5.74, 6) is 0.731. The molecule has 0 aliphatic carbocycles. The Morgan fingerprint density at radius 1 is 1.17 bits per heavy atom. The van der Waals surface area contributed by atoms with Crippen molar-refractivity contribution in [3.63, 3.8) is 0 Å². The molecule has 2 rings (SSSR count). The fraction of sp³-hybridized carbons (Fsp3) is 0.158. The molecule has 24 heavy (non-hydrogen) atoms. The molecule has 2 aromatic carbocycles. The van der Waals surface area contributed by atoms with Gasteiger partial charge in [-0.05, 0) is 29.8 Å². The van der Waals surface area contributed by atoms with E-state index in [0.29, 0.717) is 23.6 Å². The molecular formula is C19H18N2O3. The molecule has 0 atom stereocenters. The molecule has 5 nitrogen and oxygen atoms in total. The minimum Gasteiger partial charge on any atom is -0.497 e. The minimum atomic E-state index is -0.439. The summed E-state index contributed by atoms with van der Waals surface area (Å²) in [6.07, 6.45) is 1.49. The summed E-state index contributed by atoms with van der Waals surface area (Å²) >= 11 is 0. The van der Waals surface area contributed by atoms with E-state index < -0.39 is 5.91 Å². The van der Waals surface area contributed by atoms with Crippen molar-refractivity contribution in [1.29, 1.82) is 5.26 Å². The highest BCUT2D eigenvalue weighted by atomic mass is 16.5. The van der Waals surface area contributed by atoms with Crippen molar-refractivity contribution in [3.05, 3.63) is 65.2 Å². The van der Waals surface area contributed by atoms with E-state index in [1.807, 2.05) is 36.4 Å². The van der Waals surface area contributed by atoms with Gasteiger partial charge in [0.2, 0.25) is 0 Å². The zero-order valence-corrected chi connectivity index (χ0v) is 13.6. The monoisotopic (exact) mass is 322 g/mol. The largest absolute Gasteiger partial charge is 0.497 e. The zero-order valence-electron chi connectivity index (χ0n) is 13.6. The molecule has 0 fully saturated rings. The van der Waals surface area contributed by atoms with Gasteiger partial charge in [0, 0.05) is 12.1 Å². The third-order valence-corrected chi connectivity index (χ3v) is 3.40. The number of rotatable bonds is 6. The molecule has 0 aliphatic heterocycles. The fourth-order valence-electron chi connectivity index (χ4n) is 2.13. The second kappa shape index (κ2) is 8.39. The third kappa shape index (κ3) is 4.37. The summed E-state index contributed by atoms with van der Waals surface area (Å²) in [7, 11) is 3.08. The van der Waals surface area contributed by atoms with Crippen molar-refractivity contribution < 1.29 is 14.3 Å². The Balaban J connectivity index is 2.19. The molecule has 1 amide bonds. The summed E-state index contributed by atoms with van der Waals surface area (Å²) in [4.78, 5) is 12.2. The second-order valence-corrected chi connectivity index (χ2v) is 4.95. The van der Waals surface area contributed by atoms with Gasteiger partial charge in [0.1, 0.15) is 23.1 Å². The number of hydrogen-bond donors (Lipinski definition) is 1. The molecule has 0 saturated carbocycles. The van der Waals surface area contributed by atoms with Crippen molar-refractivity contribution in [1.82, 2.24) is 5.32 Å².